The normalized spacial score (nSPS) is 13.5. The minimum Gasteiger partial charge on any atom is -0.508 e. The number of primary amides is 1. The summed E-state index contributed by atoms with van der Waals surface area (Å²) in [6.07, 6.45) is 3.35. The van der Waals surface area contributed by atoms with Crippen LogP contribution in [-0.4, -0.2) is 92.9 Å². The maximum atomic E-state index is 13.9. The third-order valence-corrected chi connectivity index (χ3v) is 8.15. The molecule has 6 amide bonds. The number of phenolic OH excluding ortho intramolecular Hbond substituents is 1. The van der Waals surface area contributed by atoms with Gasteiger partial charge < -0.3 is 46.9 Å². The highest BCUT2D eigenvalue weighted by molar-refractivity contribution is 5.94. The van der Waals surface area contributed by atoms with Crippen LogP contribution in [0.5, 0.6) is 5.75 Å². The number of amides is 6. The highest BCUT2D eigenvalue weighted by Crippen LogP contribution is 2.20. The van der Waals surface area contributed by atoms with Gasteiger partial charge in [0.15, 0.2) is 0 Å². The minimum atomic E-state index is -1.10. The number of unbranched alkanes of at least 4 members (excludes halogenated alkanes) is 2. The van der Waals surface area contributed by atoms with Crippen molar-refractivity contribution in [2.75, 3.05) is 40.0 Å². The van der Waals surface area contributed by atoms with E-state index >= 15 is 0 Å². The number of nitrogens with one attached hydrogen (secondary N) is 5. The Morgan fingerprint density at radius 2 is 1.43 bits per heavy atom. The molecule has 8 N–H and O–H groups in total. The summed E-state index contributed by atoms with van der Waals surface area (Å²) in [7, 11) is 1.64. The summed E-state index contributed by atoms with van der Waals surface area (Å²) in [5, 5.41) is 23.6. The summed E-state index contributed by atoms with van der Waals surface area (Å²) in [6.45, 7) is 15.4. The zero-order valence-corrected chi connectivity index (χ0v) is 32.0. The molecule has 1 aromatic rings. The first-order valence-corrected chi connectivity index (χ1v) is 18.0. The molecular formula is C37H64N6O8. The average molecular weight is 721 g/mol. The molecule has 1 aromatic carbocycles. The van der Waals surface area contributed by atoms with Crippen LogP contribution in [0.25, 0.3) is 0 Å². The standard InChI is InChI=1S/C37H64N6O8/c1-9-10-11-14-30(45)43-31(25(2)3)34(48)41-28(13-12-19-39-35(38)49)33(47)42-29(20-26-15-17-27(44)18-16-26)32(46)40-21-36(4,5)23-51-24-37(6,7)22-50-8/h15-18,25,28-29,31,44H,9-14,19-24H2,1-8H3,(H,40,46)(H,41,48)(H,42,47)(H,43,45)(H3,38,39,49)/t28-,29-,31-/m0/s1. The molecule has 0 fully saturated rings. The van der Waals surface area contributed by atoms with E-state index in [1.807, 2.05) is 34.6 Å². The third-order valence-electron chi connectivity index (χ3n) is 8.15. The van der Waals surface area contributed by atoms with Gasteiger partial charge in [-0.2, -0.15) is 0 Å². The minimum absolute atomic E-state index is 0.0590. The summed E-state index contributed by atoms with van der Waals surface area (Å²) in [5.74, 6) is -2.05. The Bertz CT molecular complexity index is 1240. The first kappa shape index (κ1) is 45.1. The van der Waals surface area contributed by atoms with Gasteiger partial charge in [-0.25, -0.2) is 4.79 Å². The molecule has 0 aromatic heterocycles. The third kappa shape index (κ3) is 19.3. The maximum Gasteiger partial charge on any atom is 0.312 e. The van der Waals surface area contributed by atoms with E-state index in [9.17, 15) is 29.1 Å². The Hall–Kier alpha value is -3.91. The van der Waals surface area contributed by atoms with E-state index < -0.39 is 47.3 Å². The molecule has 14 heteroatoms. The van der Waals surface area contributed by atoms with Crippen LogP contribution in [0.15, 0.2) is 24.3 Å². The molecule has 0 aliphatic rings. The summed E-state index contributed by atoms with van der Waals surface area (Å²) < 4.78 is 11.2. The van der Waals surface area contributed by atoms with Gasteiger partial charge in [-0.1, -0.05) is 73.4 Å². The lowest BCUT2D eigenvalue weighted by atomic mass is 9.93. The van der Waals surface area contributed by atoms with Crippen molar-refractivity contribution >= 4 is 29.7 Å². The number of urea groups is 1. The van der Waals surface area contributed by atoms with E-state index in [0.29, 0.717) is 38.2 Å². The van der Waals surface area contributed by atoms with Gasteiger partial charge in [-0.3, -0.25) is 19.2 Å². The molecule has 3 atom stereocenters. The number of carbonyl (C=O) groups excluding carboxylic acids is 5. The van der Waals surface area contributed by atoms with E-state index in [1.165, 1.54) is 12.1 Å². The molecule has 51 heavy (non-hydrogen) atoms. The molecule has 0 unspecified atom stereocenters. The molecule has 0 spiro atoms. The molecule has 0 bridgehead atoms. The van der Waals surface area contributed by atoms with Crippen molar-refractivity contribution < 1.29 is 38.6 Å². The first-order chi connectivity index (χ1) is 23.9. The van der Waals surface area contributed by atoms with Gasteiger partial charge in [0, 0.05) is 43.9 Å². The number of benzene rings is 1. The predicted octanol–water partition coefficient (Wildman–Crippen LogP) is 2.91. The second-order valence-corrected chi connectivity index (χ2v) is 15.1. The number of phenols is 1. The number of hydrogen-bond acceptors (Lipinski definition) is 8. The zero-order valence-electron chi connectivity index (χ0n) is 32.0. The average Bonchev–Trinajstić information content (AvgIpc) is 3.04. The van der Waals surface area contributed by atoms with Crippen LogP contribution in [0.3, 0.4) is 0 Å². The molecule has 0 aliphatic carbocycles. The van der Waals surface area contributed by atoms with E-state index in [4.69, 9.17) is 15.2 Å². The summed E-state index contributed by atoms with van der Waals surface area (Å²) in [5.41, 5.74) is 5.27. The van der Waals surface area contributed by atoms with Gasteiger partial charge in [0.2, 0.25) is 23.6 Å². The molecule has 0 saturated carbocycles. The van der Waals surface area contributed by atoms with Gasteiger partial charge in [-0.15, -0.1) is 0 Å². The lowest BCUT2D eigenvalue weighted by Gasteiger charge is -2.30. The zero-order chi connectivity index (χ0) is 38.6. The van der Waals surface area contributed by atoms with Crippen LogP contribution >= 0.6 is 0 Å². The second-order valence-electron chi connectivity index (χ2n) is 15.1. The van der Waals surface area contributed by atoms with Crippen molar-refractivity contribution in [1.29, 1.82) is 0 Å². The van der Waals surface area contributed by atoms with Crippen molar-refractivity contribution in [1.82, 2.24) is 26.6 Å². The molecule has 290 valence electrons. The van der Waals surface area contributed by atoms with Crippen LogP contribution in [-0.2, 0) is 35.1 Å². The van der Waals surface area contributed by atoms with Crippen LogP contribution in [0, 0.1) is 16.7 Å². The first-order valence-electron chi connectivity index (χ1n) is 18.0. The Morgan fingerprint density at radius 1 is 0.804 bits per heavy atom. The van der Waals surface area contributed by atoms with Crippen molar-refractivity contribution in [3.8, 4) is 5.75 Å². The van der Waals surface area contributed by atoms with E-state index in [2.05, 4.69) is 26.6 Å². The van der Waals surface area contributed by atoms with Gasteiger partial charge >= 0.3 is 6.03 Å². The fourth-order valence-corrected chi connectivity index (χ4v) is 5.25. The van der Waals surface area contributed by atoms with Crippen LogP contribution in [0.2, 0.25) is 0 Å². The second kappa shape index (κ2) is 22.8. The molecular weight excluding hydrogens is 656 g/mol. The molecule has 0 heterocycles. The summed E-state index contributed by atoms with van der Waals surface area (Å²) in [6, 6.07) is 2.56. The summed E-state index contributed by atoms with van der Waals surface area (Å²) >= 11 is 0. The molecule has 1 rings (SSSR count). The van der Waals surface area contributed by atoms with Crippen LogP contribution < -0.4 is 32.3 Å². The quantitative estimate of drug-likeness (QED) is 0.0745. The highest BCUT2D eigenvalue weighted by Gasteiger charge is 2.32. The van der Waals surface area contributed by atoms with E-state index in [-0.39, 0.29) is 55.3 Å². The number of hydrogen-bond donors (Lipinski definition) is 7. The monoisotopic (exact) mass is 720 g/mol. The Kier molecular flexibility index (Phi) is 20.2. The van der Waals surface area contributed by atoms with Crippen molar-refractivity contribution in [2.45, 2.75) is 112 Å². The van der Waals surface area contributed by atoms with Gasteiger partial charge in [0.1, 0.15) is 23.9 Å². The van der Waals surface area contributed by atoms with Crippen molar-refractivity contribution in [3.63, 3.8) is 0 Å². The number of rotatable bonds is 25. The lowest BCUT2D eigenvalue weighted by Crippen LogP contribution is -2.58. The van der Waals surface area contributed by atoms with Crippen LogP contribution in [0.1, 0.15) is 92.6 Å². The van der Waals surface area contributed by atoms with E-state index in [1.54, 1.807) is 33.1 Å². The molecule has 14 nitrogen and oxygen atoms in total. The fourth-order valence-electron chi connectivity index (χ4n) is 5.25. The topological polar surface area (TPSA) is 210 Å². The number of ether oxygens (including phenoxy) is 2. The van der Waals surface area contributed by atoms with Gasteiger partial charge in [0.25, 0.3) is 0 Å². The Balaban J connectivity index is 3.18. The SMILES string of the molecule is CCCCCC(=O)N[C@H](C(=O)N[C@@H](CCCNC(N)=O)C(=O)N[C@@H](Cc1ccc(O)cc1)C(=O)NCC(C)(C)COCC(C)(C)COC)C(C)C. The van der Waals surface area contributed by atoms with Crippen molar-refractivity contribution in [3.05, 3.63) is 29.8 Å². The summed E-state index contributed by atoms with van der Waals surface area (Å²) in [4.78, 5) is 64.9. The molecule has 0 saturated heterocycles. The highest BCUT2D eigenvalue weighted by atomic mass is 16.5. The predicted molar refractivity (Wildman–Crippen MR) is 197 cm³/mol. The largest absolute Gasteiger partial charge is 0.508 e. The number of carbonyl (C=O) groups is 5. The lowest BCUT2D eigenvalue weighted by molar-refractivity contribution is -0.134. The number of methoxy groups -OCH3 is 1. The molecule has 0 radical (unpaired) electrons. The van der Waals surface area contributed by atoms with Gasteiger partial charge in [-0.05, 0) is 42.9 Å². The van der Waals surface area contributed by atoms with Crippen molar-refractivity contribution in [2.24, 2.45) is 22.5 Å². The van der Waals surface area contributed by atoms with Crippen LogP contribution in [0.4, 0.5) is 4.79 Å². The van der Waals surface area contributed by atoms with Gasteiger partial charge in [0.05, 0.1) is 19.8 Å². The Labute approximate surface area is 304 Å². The fraction of sp³-hybridized carbons (Fsp3) is 0.703. The van der Waals surface area contributed by atoms with E-state index in [0.717, 1.165) is 12.8 Å². The number of aromatic hydroxyl groups is 1. The Morgan fingerprint density at radius 3 is 2.02 bits per heavy atom. The smallest absolute Gasteiger partial charge is 0.312 e. The number of nitrogens with two attached hydrogens (primary N) is 1. The maximum absolute atomic E-state index is 13.9. The molecule has 0 aliphatic heterocycles.